The van der Waals surface area contributed by atoms with Crippen molar-refractivity contribution >= 4 is 17.4 Å². The molecule has 1 unspecified atom stereocenters. The molecule has 1 rings (SSSR count). The maximum absolute atomic E-state index is 12.0. The molecular weight excluding hydrogens is 238 g/mol. The lowest BCUT2D eigenvalue weighted by molar-refractivity contribution is -0.123. The summed E-state index contributed by atoms with van der Waals surface area (Å²) < 4.78 is 0. The van der Waals surface area contributed by atoms with Crippen LogP contribution in [0.4, 0.5) is 5.69 Å². The molecule has 0 saturated carbocycles. The van der Waals surface area contributed by atoms with E-state index in [2.05, 4.69) is 5.32 Å². The second kappa shape index (κ2) is 6.00. The van der Waals surface area contributed by atoms with Crippen LogP contribution in [0.15, 0.2) is 24.3 Å². The van der Waals surface area contributed by atoms with Gasteiger partial charge < -0.3 is 5.32 Å². The molecule has 0 aliphatic rings. The van der Waals surface area contributed by atoms with Gasteiger partial charge in [0.15, 0.2) is 5.78 Å². The average molecular weight is 261 g/mol. The molecule has 0 radical (unpaired) electrons. The smallest absolute Gasteiger partial charge is 0.229 e. The summed E-state index contributed by atoms with van der Waals surface area (Å²) in [6.07, 6.45) is 0.835. The maximum atomic E-state index is 12.0. The van der Waals surface area contributed by atoms with E-state index in [4.69, 9.17) is 0 Å². The zero-order valence-corrected chi connectivity index (χ0v) is 12.4. The van der Waals surface area contributed by atoms with Crippen molar-refractivity contribution in [2.75, 3.05) is 5.32 Å². The van der Waals surface area contributed by atoms with Crippen LogP contribution in [0, 0.1) is 11.3 Å². The van der Waals surface area contributed by atoms with E-state index in [0.717, 1.165) is 12.1 Å². The third-order valence-electron chi connectivity index (χ3n) is 3.17. The van der Waals surface area contributed by atoms with Crippen molar-refractivity contribution in [2.45, 2.75) is 41.0 Å². The SMILES string of the molecule is CCC(C)C(=O)c1ccc(NC(=O)C(C)(C)C)cc1. The maximum Gasteiger partial charge on any atom is 0.229 e. The Bertz CT molecular complexity index is 455. The van der Waals surface area contributed by atoms with E-state index in [9.17, 15) is 9.59 Å². The third-order valence-corrected chi connectivity index (χ3v) is 3.17. The summed E-state index contributed by atoms with van der Waals surface area (Å²) >= 11 is 0. The fraction of sp³-hybridized carbons (Fsp3) is 0.500. The van der Waals surface area contributed by atoms with Crippen molar-refractivity contribution in [3.63, 3.8) is 0 Å². The highest BCUT2D eigenvalue weighted by Crippen LogP contribution is 2.19. The molecule has 0 aliphatic carbocycles. The Labute approximate surface area is 115 Å². The summed E-state index contributed by atoms with van der Waals surface area (Å²) in [7, 11) is 0. The van der Waals surface area contributed by atoms with E-state index in [1.54, 1.807) is 24.3 Å². The Hall–Kier alpha value is -1.64. The van der Waals surface area contributed by atoms with Gasteiger partial charge in [-0.05, 0) is 30.7 Å². The molecule has 3 nitrogen and oxygen atoms in total. The Balaban J connectivity index is 2.78. The van der Waals surface area contributed by atoms with E-state index in [1.165, 1.54) is 0 Å². The fourth-order valence-corrected chi connectivity index (χ4v) is 1.51. The van der Waals surface area contributed by atoms with Gasteiger partial charge in [-0.3, -0.25) is 9.59 Å². The van der Waals surface area contributed by atoms with Gasteiger partial charge in [0.2, 0.25) is 5.91 Å². The monoisotopic (exact) mass is 261 g/mol. The normalized spacial score (nSPS) is 12.9. The third kappa shape index (κ3) is 4.19. The summed E-state index contributed by atoms with van der Waals surface area (Å²) in [6.45, 7) is 9.52. The molecule has 1 N–H and O–H groups in total. The number of benzene rings is 1. The Morgan fingerprint density at radius 3 is 2.11 bits per heavy atom. The molecule has 0 aliphatic heterocycles. The lowest BCUT2D eigenvalue weighted by Crippen LogP contribution is -2.27. The molecule has 19 heavy (non-hydrogen) atoms. The fourth-order valence-electron chi connectivity index (χ4n) is 1.51. The number of anilines is 1. The molecule has 0 aromatic heterocycles. The number of amides is 1. The van der Waals surface area contributed by atoms with Crippen molar-refractivity contribution in [2.24, 2.45) is 11.3 Å². The minimum Gasteiger partial charge on any atom is -0.326 e. The summed E-state index contributed by atoms with van der Waals surface area (Å²) in [4.78, 5) is 23.8. The first-order valence-corrected chi connectivity index (χ1v) is 6.71. The van der Waals surface area contributed by atoms with Crippen molar-refractivity contribution in [3.05, 3.63) is 29.8 Å². The molecule has 104 valence electrons. The Morgan fingerprint density at radius 1 is 1.16 bits per heavy atom. The number of carbonyl (C=O) groups excluding carboxylic acids is 2. The van der Waals surface area contributed by atoms with Crippen LogP contribution in [0.3, 0.4) is 0 Å². The van der Waals surface area contributed by atoms with Crippen LogP contribution in [-0.4, -0.2) is 11.7 Å². The van der Waals surface area contributed by atoms with Crippen LogP contribution in [-0.2, 0) is 4.79 Å². The second-order valence-corrected chi connectivity index (χ2v) is 5.96. The van der Waals surface area contributed by atoms with Gasteiger partial charge in [0.1, 0.15) is 0 Å². The molecule has 1 atom stereocenters. The molecule has 0 saturated heterocycles. The summed E-state index contributed by atoms with van der Waals surface area (Å²) in [6, 6.07) is 7.10. The minimum atomic E-state index is -0.425. The summed E-state index contributed by atoms with van der Waals surface area (Å²) in [5.74, 6) is 0.153. The zero-order valence-electron chi connectivity index (χ0n) is 12.4. The highest BCUT2D eigenvalue weighted by atomic mass is 16.2. The molecule has 1 amide bonds. The molecule has 1 aromatic rings. The standard InChI is InChI=1S/C16H23NO2/c1-6-11(2)14(18)12-7-9-13(10-8-12)17-15(19)16(3,4)5/h7-11H,6H2,1-5H3,(H,17,19). The number of ketones is 1. The van der Waals surface area contributed by atoms with E-state index in [-0.39, 0.29) is 17.6 Å². The molecular formula is C16H23NO2. The number of rotatable bonds is 4. The van der Waals surface area contributed by atoms with E-state index in [0.29, 0.717) is 5.56 Å². The lowest BCUT2D eigenvalue weighted by atomic mass is 9.95. The summed E-state index contributed by atoms with van der Waals surface area (Å²) in [5, 5.41) is 2.84. The first-order valence-electron chi connectivity index (χ1n) is 6.71. The van der Waals surface area contributed by atoms with Crippen molar-refractivity contribution in [1.29, 1.82) is 0 Å². The number of nitrogens with one attached hydrogen (secondary N) is 1. The van der Waals surface area contributed by atoms with Gasteiger partial charge in [0.25, 0.3) is 0 Å². The van der Waals surface area contributed by atoms with Gasteiger partial charge in [-0.1, -0.05) is 34.6 Å². The highest BCUT2D eigenvalue weighted by Gasteiger charge is 2.21. The van der Waals surface area contributed by atoms with Gasteiger partial charge in [-0.25, -0.2) is 0 Å². The van der Waals surface area contributed by atoms with Gasteiger partial charge in [-0.2, -0.15) is 0 Å². The molecule has 1 aromatic carbocycles. The minimum absolute atomic E-state index is 0.0338. The zero-order chi connectivity index (χ0) is 14.6. The van der Waals surface area contributed by atoms with Gasteiger partial charge in [-0.15, -0.1) is 0 Å². The molecule has 3 heteroatoms. The van der Waals surface area contributed by atoms with Crippen LogP contribution in [0.25, 0.3) is 0 Å². The number of Topliss-reactive ketones (excluding diaryl/α,β-unsaturated/α-hetero) is 1. The van der Waals surface area contributed by atoms with E-state index in [1.807, 2.05) is 34.6 Å². The van der Waals surface area contributed by atoms with Crippen LogP contribution in [0.1, 0.15) is 51.4 Å². The van der Waals surface area contributed by atoms with Crippen molar-refractivity contribution in [3.8, 4) is 0 Å². The lowest BCUT2D eigenvalue weighted by Gasteiger charge is -2.17. The largest absolute Gasteiger partial charge is 0.326 e. The molecule has 0 heterocycles. The van der Waals surface area contributed by atoms with Gasteiger partial charge in [0, 0.05) is 22.6 Å². The second-order valence-electron chi connectivity index (χ2n) is 5.96. The van der Waals surface area contributed by atoms with E-state index >= 15 is 0 Å². The Morgan fingerprint density at radius 2 is 1.68 bits per heavy atom. The quantitative estimate of drug-likeness (QED) is 0.835. The van der Waals surface area contributed by atoms with Crippen molar-refractivity contribution in [1.82, 2.24) is 0 Å². The van der Waals surface area contributed by atoms with Crippen LogP contribution >= 0.6 is 0 Å². The number of hydrogen-bond acceptors (Lipinski definition) is 2. The average Bonchev–Trinajstić information content (AvgIpc) is 2.36. The predicted molar refractivity (Wildman–Crippen MR) is 78.3 cm³/mol. The molecule has 0 bridgehead atoms. The first-order chi connectivity index (χ1) is 8.75. The van der Waals surface area contributed by atoms with Crippen molar-refractivity contribution < 1.29 is 9.59 Å². The summed E-state index contributed by atoms with van der Waals surface area (Å²) in [5.41, 5.74) is 0.995. The molecule has 0 fully saturated rings. The van der Waals surface area contributed by atoms with E-state index < -0.39 is 5.41 Å². The first kappa shape index (κ1) is 15.4. The van der Waals surface area contributed by atoms with Crippen LogP contribution < -0.4 is 5.32 Å². The number of hydrogen-bond donors (Lipinski definition) is 1. The topological polar surface area (TPSA) is 46.2 Å². The highest BCUT2D eigenvalue weighted by molar-refractivity contribution is 5.99. The number of carbonyl (C=O) groups is 2. The van der Waals surface area contributed by atoms with Gasteiger partial charge in [0.05, 0.1) is 0 Å². The Kier molecular flexibility index (Phi) is 4.87. The van der Waals surface area contributed by atoms with Crippen LogP contribution in [0.5, 0.6) is 0 Å². The van der Waals surface area contributed by atoms with Gasteiger partial charge >= 0.3 is 0 Å². The predicted octanol–water partition coefficient (Wildman–Crippen LogP) is 3.90. The molecule has 0 spiro atoms. The van der Waals surface area contributed by atoms with Crippen LogP contribution in [0.2, 0.25) is 0 Å².